The molecule has 2 aliphatic rings. The molecular formula is C16H23N3O2. The van der Waals surface area contributed by atoms with E-state index in [4.69, 9.17) is 0 Å². The Hall–Kier alpha value is -1.62. The van der Waals surface area contributed by atoms with E-state index in [1.807, 2.05) is 12.1 Å². The van der Waals surface area contributed by atoms with Gasteiger partial charge in [-0.3, -0.25) is 10.1 Å². The summed E-state index contributed by atoms with van der Waals surface area (Å²) in [6.45, 7) is 3.90. The Morgan fingerprint density at radius 1 is 1.29 bits per heavy atom. The van der Waals surface area contributed by atoms with E-state index in [1.54, 1.807) is 13.0 Å². The van der Waals surface area contributed by atoms with Crippen molar-refractivity contribution in [2.24, 2.45) is 0 Å². The van der Waals surface area contributed by atoms with E-state index in [1.165, 1.54) is 32.1 Å². The van der Waals surface area contributed by atoms with Gasteiger partial charge in [-0.2, -0.15) is 0 Å². The molecule has 0 saturated carbocycles. The molecule has 2 unspecified atom stereocenters. The Bertz CT molecular complexity index is 526. The van der Waals surface area contributed by atoms with E-state index in [2.05, 4.69) is 10.2 Å². The predicted octanol–water partition coefficient (Wildman–Crippen LogP) is 3.01. The lowest BCUT2D eigenvalue weighted by Crippen LogP contribution is -2.50. The lowest BCUT2D eigenvalue weighted by Gasteiger charge is -2.41. The molecule has 0 aromatic heterocycles. The Labute approximate surface area is 125 Å². The van der Waals surface area contributed by atoms with Gasteiger partial charge < -0.3 is 10.2 Å². The van der Waals surface area contributed by atoms with E-state index < -0.39 is 0 Å². The van der Waals surface area contributed by atoms with E-state index in [9.17, 15) is 10.1 Å². The summed E-state index contributed by atoms with van der Waals surface area (Å²) in [6, 6.07) is 6.67. The van der Waals surface area contributed by atoms with Crippen LogP contribution in [0.15, 0.2) is 18.2 Å². The molecule has 1 aromatic rings. The second kappa shape index (κ2) is 6.02. The summed E-state index contributed by atoms with van der Waals surface area (Å²) in [7, 11) is 0. The van der Waals surface area contributed by atoms with Crippen molar-refractivity contribution in [1.29, 1.82) is 0 Å². The number of hydrogen-bond acceptors (Lipinski definition) is 4. The standard InChI is InChI=1S/C16H23N3O2/c1-12-7-8-13(11-16(12)19(20)21)18-10-3-2-6-15(18)14-5-4-9-17-14/h7-8,11,14-15,17H,2-6,9-10H2,1H3. The first kappa shape index (κ1) is 14.3. The summed E-state index contributed by atoms with van der Waals surface area (Å²) in [4.78, 5) is 13.3. The number of aryl methyl sites for hydroxylation is 1. The topological polar surface area (TPSA) is 58.4 Å². The minimum atomic E-state index is -0.272. The average Bonchev–Trinajstić information content (AvgIpc) is 3.01. The third kappa shape index (κ3) is 2.88. The van der Waals surface area contributed by atoms with Crippen LogP contribution in [-0.4, -0.2) is 30.1 Å². The van der Waals surface area contributed by atoms with Gasteiger partial charge in [-0.25, -0.2) is 0 Å². The zero-order valence-corrected chi connectivity index (χ0v) is 12.5. The molecule has 1 aromatic carbocycles. The van der Waals surface area contributed by atoms with Crippen LogP contribution in [0.5, 0.6) is 0 Å². The molecule has 2 fully saturated rings. The van der Waals surface area contributed by atoms with Crippen LogP contribution in [0.4, 0.5) is 11.4 Å². The number of benzene rings is 1. The summed E-state index contributed by atoms with van der Waals surface area (Å²) >= 11 is 0. The maximum Gasteiger partial charge on any atom is 0.274 e. The molecule has 5 heteroatoms. The van der Waals surface area contributed by atoms with Gasteiger partial charge in [-0.15, -0.1) is 0 Å². The van der Waals surface area contributed by atoms with Crippen LogP contribution in [0.25, 0.3) is 0 Å². The average molecular weight is 289 g/mol. The Morgan fingerprint density at radius 2 is 2.14 bits per heavy atom. The van der Waals surface area contributed by atoms with Gasteiger partial charge in [-0.1, -0.05) is 6.07 Å². The molecule has 21 heavy (non-hydrogen) atoms. The van der Waals surface area contributed by atoms with Crippen molar-refractivity contribution in [2.75, 3.05) is 18.0 Å². The third-order valence-electron chi connectivity index (χ3n) is 4.83. The van der Waals surface area contributed by atoms with Crippen molar-refractivity contribution < 1.29 is 4.92 Å². The molecule has 3 rings (SSSR count). The predicted molar refractivity (Wildman–Crippen MR) is 83.8 cm³/mol. The molecule has 0 aliphatic carbocycles. The van der Waals surface area contributed by atoms with Crippen molar-refractivity contribution in [3.05, 3.63) is 33.9 Å². The molecule has 0 spiro atoms. The first-order chi connectivity index (χ1) is 10.2. The summed E-state index contributed by atoms with van der Waals surface area (Å²) in [5, 5.41) is 14.8. The maximum absolute atomic E-state index is 11.2. The number of nitrogens with zero attached hydrogens (tertiary/aromatic N) is 2. The van der Waals surface area contributed by atoms with Crippen molar-refractivity contribution in [1.82, 2.24) is 5.32 Å². The highest BCUT2D eigenvalue weighted by atomic mass is 16.6. The Kier molecular flexibility index (Phi) is 4.10. The highest BCUT2D eigenvalue weighted by molar-refractivity contribution is 5.57. The molecular weight excluding hydrogens is 266 g/mol. The van der Waals surface area contributed by atoms with Gasteiger partial charge in [0.15, 0.2) is 0 Å². The molecule has 2 heterocycles. The number of nitro groups is 1. The first-order valence-corrected chi connectivity index (χ1v) is 7.92. The van der Waals surface area contributed by atoms with Crippen LogP contribution in [0.2, 0.25) is 0 Å². The lowest BCUT2D eigenvalue weighted by molar-refractivity contribution is -0.385. The van der Waals surface area contributed by atoms with Gasteiger partial charge in [0.25, 0.3) is 5.69 Å². The van der Waals surface area contributed by atoms with E-state index in [-0.39, 0.29) is 10.6 Å². The SMILES string of the molecule is Cc1ccc(N2CCCCC2C2CCCN2)cc1[N+](=O)[O-]. The molecule has 1 N–H and O–H groups in total. The summed E-state index contributed by atoms with van der Waals surface area (Å²) in [5.74, 6) is 0. The van der Waals surface area contributed by atoms with Crippen LogP contribution >= 0.6 is 0 Å². The first-order valence-electron chi connectivity index (χ1n) is 7.92. The van der Waals surface area contributed by atoms with Gasteiger partial charge in [0.1, 0.15) is 0 Å². The van der Waals surface area contributed by atoms with Gasteiger partial charge >= 0.3 is 0 Å². The minimum Gasteiger partial charge on any atom is -0.367 e. The largest absolute Gasteiger partial charge is 0.367 e. The van der Waals surface area contributed by atoms with Gasteiger partial charge in [0.2, 0.25) is 0 Å². The highest BCUT2D eigenvalue weighted by Gasteiger charge is 2.32. The van der Waals surface area contributed by atoms with Gasteiger partial charge in [0.05, 0.1) is 4.92 Å². The molecule has 2 atom stereocenters. The monoisotopic (exact) mass is 289 g/mol. The number of nitro benzene ring substituents is 1. The zero-order valence-electron chi connectivity index (χ0n) is 12.5. The van der Waals surface area contributed by atoms with E-state index in [0.717, 1.165) is 24.3 Å². The maximum atomic E-state index is 11.2. The van der Waals surface area contributed by atoms with Crippen LogP contribution in [-0.2, 0) is 0 Å². The number of hydrogen-bond donors (Lipinski definition) is 1. The van der Waals surface area contributed by atoms with Crippen molar-refractivity contribution in [3.8, 4) is 0 Å². The van der Waals surface area contributed by atoms with Crippen molar-refractivity contribution >= 4 is 11.4 Å². The molecule has 0 amide bonds. The number of anilines is 1. The molecule has 2 aliphatic heterocycles. The van der Waals surface area contributed by atoms with Crippen molar-refractivity contribution in [3.63, 3.8) is 0 Å². The number of nitrogens with one attached hydrogen (secondary N) is 1. The molecule has 0 radical (unpaired) electrons. The molecule has 0 bridgehead atoms. The normalized spacial score (nSPS) is 26.0. The van der Waals surface area contributed by atoms with Crippen LogP contribution < -0.4 is 10.2 Å². The summed E-state index contributed by atoms with van der Waals surface area (Å²) < 4.78 is 0. The Balaban J connectivity index is 1.89. The van der Waals surface area contributed by atoms with E-state index in [0.29, 0.717) is 12.1 Å². The molecule has 5 nitrogen and oxygen atoms in total. The van der Waals surface area contributed by atoms with Gasteiger partial charge in [-0.05, 0) is 51.6 Å². The summed E-state index contributed by atoms with van der Waals surface area (Å²) in [5.41, 5.74) is 1.97. The quantitative estimate of drug-likeness (QED) is 0.686. The fraction of sp³-hybridized carbons (Fsp3) is 0.625. The van der Waals surface area contributed by atoms with Crippen LogP contribution in [0, 0.1) is 17.0 Å². The second-order valence-electron chi connectivity index (χ2n) is 6.19. The fourth-order valence-corrected chi connectivity index (χ4v) is 3.71. The number of piperidine rings is 1. The van der Waals surface area contributed by atoms with Crippen molar-refractivity contribution in [2.45, 2.75) is 51.1 Å². The third-order valence-corrected chi connectivity index (χ3v) is 4.83. The second-order valence-corrected chi connectivity index (χ2v) is 6.19. The smallest absolute Gasteiger partial charge is 0.274 e. The number of rotatable bonds is 3. The van der Waals surface area contributed by atoms with E-state index >= 15 is 0 Å². The zero-order chi connectivity index (χ0) is 14.8. The Morgan fingerprint density at radius 3 is 2.86 bits per heavy atom. The lowest BCUT2D eigenvalue weighted by atomic mass is 9.93. The molecule has 2 saturated heterocycles. The fourth-order valence-electron chi connectivity index (χ4n) is 3.71. The highest BCUT2D eigenvalue weighted by Crippen LogP contribution is 2.32. The minimum absolute atomic E-state index is 0.233. The summed E-state index contributed by atoms with van der Waals surface area (Å²) in [6.07, 6.45) is 6.07. The van der Waals surface area contributed by atoms with Gasteiger partial charge in [0, 0.05) is 35.9 Å². The van der Waals surface area contributed by atoms with Crippen LogP contribution in [0.1, 0.15) is 37.7 Å². The van der Waals surface area contributed by atoms with Crippen LogP contribution in [0.3, 0.4) is 0 Å². The molecule has 114 valence electrons.